The fourth-order valence-electron chi connectivity index (χ4n) is 2.17. The maximum atomic E-state index is 12.3. The first-order valence-corrected chi connectivity index (χ1v) is 6.27. The molecule has 2 rings (SSSR count). The smallest absolute Gasteiger partial charge is 0.252 e. The fourth-order valence-corrected chi connectivity index (χ4v) is 2.17. The van der Waals surface area contributed by atoms with E-state index in [2.05, 4.69) is 12.2 Å². The zero-order valence-corrected chi connectivity index (χ0v) is 11.0. The summed E-state index contributed by atoms with van der Waals surface area (Å²) in [6.07, 6.45) is 1.69. The number of nitrogens with two attached hydrogens (primary N) is 1. The van der Waals surface area contributed by atoms with Crippen LogP contribution in [0.25, 0.3) is 0 Å². The first-order chi connectivity index (χ1) is 8.50. The van der Waals surface area contributed by atoms with Gasteiger partial charge in [-0.05, 0) is 44.4 Å². The van der Waals surface area contributed by atoms with Crippen molar-refractivity contribution < 1.29 is 9.53 Å². The van der Waals surface area contributed by atoms with Gasteiger partial charge in [-0.15, -0.1) is 0 Å². The average molecular weight is 248 g/mol. The highest BCUT2D eigenvalue weighted by molar-refractivity contribution is 5.96. The first kappa shape index (κ1) is 12.9. The van der Waals surface area contributed by atoms with Gasteiger partial charge in [0.15, 0.2) is 0 Å². The normalized spacial score (nSPS) is 18.3. The van der Waals surface area contributed by atoms with Crippen LogP contribution in [0.2, 0.25) is 0 Å². The largest absolute Gasteiger partial charge is 0.399 e. The Bertz CT molecular complexity index is 451. The maximum absolute atomic E-state index is 12.3. The summed E-state index contributed by atoms with van der Waals surface area (Å²) in [6.45, 7) is 5.38. The van der Waals surface area contributed by atoms with Crippen molar-refractivity contribution >= 4 is 11.6 Å². The number of carbonyl (C=O) groups is 1. The minimum atomic E-state index is -0.174. The summed E-state index contributed by atoms with van der Waals surface area (Å²) in [5, 5.41) is 3.11. The van der Waals surface area contributed by atoms with Crippen LogP contribution in [0.4, 0.5) is 5.69 Å². The third-order valence-corrected chi connectivity index (χ3v) is 3.52. The molecule has 3 N–H and O–H groups in total. The Balaban J connectivity index is 2.14. The van der Waals surface area contributed by atoms with Crippen LogP contribution < -0.4 is 11.1 Å². The molecule has 0 saturated carbocycles. The molecule has 1 heterocycles. The molecule has 0 unspecified atom stereocenters. The van der Waals surface area contributed by atoms with E-state index in [1.54, 1.807) is 6.07 Å². The van der Waals surface area contributed by atoms with Gasteiger partial charge < -0.3 is 15.8 Å². The lowest BCUT2D eigenvalue weighted by Gasteiger charge is -2.34. The molecule has 18 heavy (non-hydrogen) atoms. The average Bonchev–Trinajstić information content (AvgIpc) is 2.32. The summed E-state index contributed by atoms with van der Waals surface area (Å²) in [5.74, 6) is -0.0517. The lowest BCUT2D eigenvalue weighted by Crippen LogP contribution is -2.49. The van der Waals surface area contributed by atoms with Gasteiger partial charge in [-0.2, -0.15) is 0 Å². The van der Waals surface area contributed by atoms with Crippen LogP contribution in [-0.2, 0) is 4.74 Å². The number of anilines is 1. The minimum Gasteiger partial charge on any atom is -0.399 e. The molecule has 0 radical (unpaired) electrons. The van der Waals surface area contributed by atoms with Crippen molar-refractivity contribution in [3.05, 3.63) is 29.3 Å². The molecule has 98 valence electrons. The van der Waals surface area contributed by atoms with Gasteiger partial charge in [0.2, 0.25) is 0 Å². The molecule has 0 bridgehead atoms. The number of rotatable bonds is 2. The third-order valence-electron chi connectivity index (χ3n) is 3.52. The number of ether oxygens (including phenoxy) is 1. The van der Waals surface area contributed by atoms with E-state index in [0.717, 1.165) is 18.4 Å². The second-order valence-corrected chi connectivity index (χ2v) is 5.20. The van der Waals surface area contributed by atoms with Crippen molar-refractivity contribution in [3.8, 4) is 0 Å². The fraction of sp³-hybridized carbons (Fsp3) is 0.500. The highest BCUT2D eigenvalue weighted by Crippen LogP contribution is 2.21. The third kappa shape index (κ3) is 2.82. The molecular weight excluding hydrogens is 228 g/mol. The van der Waals surface area contributed by atoms with Gasteiger partial charge in [-0.25, -0.2) is 0 Å². The van der Waals surface area contributed by atoms with Gasteiger partial charge in [0.05, 0.1) is 0 Å². The Morgan fingerprint density at radius 1 is 1.39 bits per heavy atom. The monoisotopic (exact) mass is 248 g/mol. The quantitative estimate of drug-likeness (QED) is 0.785. The molecule has 1 aliphatic rings. The Kier molecular flexibility index (Phi) is 3.57. The molecule has 0 aliphatic carbocycles. The van der Waals surface area contributed by atoms with Crippen LogP contribution in [0.3, 0.4) is 0 Å². The number of nitrogens with one attached hydrogen (secondary N) is 1. The van der Waals surface area contributed by atoms with Gasteiger partial charge in [-0.1, -0.05) is 6.07 Å². The van der Waals surface area contributed by atoms with Crippen molar-refractivity contribution in [3.63, 3.8) is 0 Å². The molecule has 0 spiro atoms. The van der Waals surface area contributed by atoms with Gasteiger partial charge in [0, 0.05) is 30.0 Å². The summed E-state index contributed by atoms with van der Waals surface area (Å²) in [6, 6.07) is 5.41. The van der Waals surface area contributed by atoms with E-state index in [0.29, 0.717) is 24.5 Å². The van der Waals surface area contributed by atoms with Crippen LogP contribution in [0, 0.1) is 6.92 Å². The molecule has 4 nitrogen and oxygen atoms in total. The second-order valence-electron chi connectivity index (χ2n) is 5.20. The molecule has 1 aromatic carbocycles. The number of hydrogen-bond donors (Lipinski definition) is 2. The van der Waals surface area contributed by atoms with E-state index in [1.807, 2.05) is 19.1 Å². The molecule has 1 saturated heterocycles. The maximum Gasteiger partial charge on any atom is 0.252 e. The van der Waals surface area contributed by atoms with Crippen LogP contribution in [-0.4, -0.2) is 24.7 Å². The van der Waals surface area contributed by atoms with Crippen LogP contribution in [0.1, 0.15) is 35.7 Å². The summed E-state index contributed by atoms with van der Waals surface area (Å²) in [7, 11) is 0. The zero-order valence-electron chi connectivity index (χ0n) is 11.0. The van der Waals surface area contributed by atoms with Gasteiger partial charge in [0.1, 0.15) is 0 Å². The number of hydrogen-bond acceptors (Lipinski definition) is 3. The second kappa shape index (κ2) is 4.98. The molecular formula is C14H20N2O2. The van der Waals surface area contributed by atoms with Crippen LogP contribution in [0.5, 0.6) is 0 Å². The van der Waals surface area contributed by atoms with E-state index in [1.165, 1.54) is 0 Å². The van der Waals surface area contributed by atoms with Crippen molar-refractivity contribution in [2.45, 2.75) is 32.2 Å². The summed E-state index contributed by atoms with van der Waals surface area (Å²) in [4.78, 5) is 12.3. The highest BCUT2D eigenvalue weighted by Gasteiger charge is 2.29. The molecule has 1 fully saturated rings. The van der Waals surface area contributed by atoms with Gasteiger partial charge in [0.25, 0.3) is 5.91 Å². The van der Waals surface area contributed by atoms with Gasteiger partial charge in [-0.3, -0.25) is 4.79 Å². The predicted molar refractivity (Wildman–Crippen MR) is 71.5 cm³/mol. The Morgan fingerprint density at radius 3 is 2.72 bits per heavy atom. The number of carbonyl (C=O) groups excluding carboxylic acids is 1. The molecule has 1 aromatic rings. The number of amides is 1. The van der Waals surface area contributed by atoms with E-state index < -0.39 is 0 Å². The van der Waals surface area contributed by atoms with Crippen molar-refractivity contribution in [2.75, 3.05) is 18.9 Å². The SMILES string of the molecule is Cc1ccc(N)cc1C(=O)NC1(C)CCOCC1. The summed E-state index contributed by atoms with van der Waals surface area (Å²) >= 11 is 0. The molecule has 1 aliphatic heterocycles. The van der Waals surface area contributed by atoms with Crippen molar-refractivity contribution in [1.29, 1.82) is 0 Å². The minimum absolute atomic E-state index is 0.0517. The van der Waals surface area contributed by atoms with Crippen LogP contribution in [0.15, 0.2) is 18.2 Å². The molecule has 1 amide bonds. The predicted octanol–water partition coefficient (Wildman–Crippen LogP) is 1.88. The van der Waals surface area contributed by atoms with Gasteiger partial charge >= 0.3 is 0 Å². The molecule has 0 aromatic heterocycles. The topological polar surface area (TPSA) is 64.4 Å². The lowest BCUT2D eigenvalue weighted by molar-refractivity contribution is 0.0422. The number of nitrogen functional groups attached to an aromatic ring is 1. The summed E-state index contributed by atoms with van der Waals surface area (Å²) in [5.41, 5.74) is 7.77. The number of aryl methyl sites for hydroxylation is 1. The van der Waals surface area contributed by atoms with E-state index in [4.69, 9.17) is 10.5 Å². The van der Waals surface area contributed by atoms with E-state index in [-0.39, 0.29) is 11.4 Å². The zero-order chi connectivity index (χ0) is 13.2. The Morgan fingerprint density at radius 2 is 2.06 bits per heavy atom. The van der Waals surface area contributed by atoms with E-state index in [9.17, 15) is 4.79 Å². The molecule has 4 heteroatoms. The van der Waals surface area contributed by atoms with Crippen molar-refractivity contribution in [1.82, 2.24) is 5.32 Å². The number of benzene rings is 1. The highest BCUT2D eigenvalue weighted by atomic mass is 16.5. The first-order valence-electron chi connectivity index (χ1n) is 6.27. The Labute approximate surface area is 108 Å². The van der Waals surface area contributed by atoms with Crippen LogP contribution >= 0.6 is 0 Å². The van der Waals surface area contributed by atoms with Crippen molar-refractivity contribution in [2.24, 2.45) is 0 Å². The standard InChI is InChI=1S/C14H20N2O2/c1-10-3-4-11(15)9-12(10)13(17)16-14(2)5-7-18-8-6-14/h3-4,9H,5-8,15H2,1-2H3,(H,16,17). The summed E-state index contributed by atoms with van der Waals surface area (Å²) < 4.78 is 5.32. The molecule has 0 atom stereocenters. The van der Waals surface area contributed by atoms with E-state index >= 15 is 0 Å². The lowest BCUT2D eigenvalue weighted by atomic mass is 9.92. The Hall–Kier alpha value is -1.55.